The molecule has 0 aromatic rings. The number of alkyl halides is 3. The predicted molar refractivity (Wildman–Crippen MR) is 44.7 cm³/mol. The smallest absolute Gasteiger partial charge is 0.393 e. The van der Waals surface area contributed by atoms with Crippen molar-refractivity contribution in [2.45, 2.75) is 43.5 Å². The molecule has 3 N–H and O–H groups in total. The fourth-order valence-corrected chi connectivity index (χ4v) is 1.40. The van der Waals surface area contributed by atoms with Crippen molar-refractivity contribution in [3.8, 4) is 0 Å². The Morgan fingerprint density at radius 3 is 1.92 bits per heavy atom. The molecule has 1 aliphatic carbocycles. The number of aliphatic hydroxyl groups is 1. The fourth-order valence-electron chi connectivity index (χ4n) is 1.40. The zero-order valence-electron chi connectivity index (χ0n) is 6.97. The van der Waals surface area contributed by atoms with Crippen molar-refractivity contribution in [1.29, 1.82) is 0 Å². The lowest BCUT2D eigenvalue weighted by Crippen LogP contribution is -2.55. The van der Waals surface area contributed by atoms with Crippen LogP contribution in [0.15, 0.2) is 0 Å². The highest BCUT2D eigenvalue weighted by molar-refractivity contribution is 5.85. The Bertz CT molecular complexity index is 166. The zero-order valence-corrected chi connectivity index (χ0v) is 7.79. The second kappa shape index (κ2) is 4.02. The van der Waals surface area contributed by atoms with Crippen molar-refractivity contribution in [3.63, 3.8) is 0 Å². The van der Waals surface area contributed by atoms with Crippen molar-refractivity contribution in [2.24, 2.45) is 5.73 Å². The van der Waals surface area contributed by atoms with Gasteiger partial charge in [0, 0.05) is 0 Å². The molecule has 0 bridgehead atoms. The van der Waals surface area contributed by atoms with Gasteiger partial charge in [-0.15, -0.1) is 12.4 Å². The molecule has 1 saturated carbocycles. The molecule has 0 aromatic heterocycles. The Labute approximate surface area is 80.7 Å². The maximum atomic E-state index is 12.2. The Hall–Kier alpha value is -0.0000000000000000486. The molecule has 0 aromatic carbocycles. The van der Waals surface area contributed by atoms with E-state index in [-0.39, 0.29) is 38.1 Å². The van der Waals surface area contributed by atoms with Crippen LogP contribution in [-0.4, -0.2) is 22.9 Å². The SMILES string of the molecule is Cl.NC1(C(F)(F)F)CCC(O)CC1. The summed E-state index contributed by atoms with van der Waals surface area (Å²) in [5.74, 6) is 0. The summed E-state index contributed by atoms with van der Waals surface area (Å²) in [6.45, 7) is 0. The Kier molecular flexibility index (Phi) is 4.02. The van der Waals surface area contributed by atoms with Crippen molar-refractivity contribution < 1.29 is 18.3 Å². The molecule has 0 radical (unpaired) electrons. The summed E-state index contributed by atoms with van der Waals surface area (Å²) >= 11 is 0. The molecule has 1 rings (SSSR count). The standard InChI is InChI=1S/C7H12F3NO.ClH/c8-7(9,10)6(11)3-1-5(12)2-4-6;/h5,12H,1-4,11H2;1H. The van der Waals surface area contributed by atoms with Crippen molar-refractivity contribution >= 4 is 12.4 Å². The zero-order chi connectivity index (χ0) is 9.41. The van der Waals surface area contributed by atoms with Gasteiger partial charge in [0.25, 0.3) is 0 Å². The highest BCUT2D eigenvalue weighted by Gasteiger charge is 2.52. The Morgan fingerprint density at radius 2 is 1.62 bits per heavy atom. The van der Waals surface area contributed by atoms with E-state index in [1.807, 2.05) is 0 Å². The molecule has 13 heavy (non-hydrogen) atoms. The highest BCUT2D eigenvalue weighted by atomic mass is 35.5. The molecule has 2 nitrogen and oxygen atoms in total. The maximum Gasteiger partial charge on any atom is 0.406 e. The van der Waals surface area contributed by atoms with E-state index >= 15 is 0 Å². The molecular weight excluding hydrogens is 207 g/mol. The third kappa shape index (κ3) is 2.72. The lowest BCUT2D eigenvalue weighted by Gasteiger charge is -2.36. The van der Waals surface area contributed by atoms with E-state index < -0.39 is 17.8 Å². The lowest BCUT2D eigenvalue weighted by atomic mass is 9.81. The van der Waals surface area contributed by atoms with E-state index in [2.05, 4.69) is 0 Å². The van der Waals surface area contributed by atoms with Crippen LogP contribution >= 0.6 is 12.4 Å². The summed E-state index contributed by atoms with van der Waals surface area (Å²) < 4.78 is 36.7. The first-order valence-electron chi connectivity index (χ1n) is 3.89. The van der Waals surface area contributed by atoms with Crippen LogP contribution in [0.4, 0.5) is 13.2 Å². The van der Waals surface area contributed by atoms with Crippen LogP contribution in [0, 0.1) is 0 Å². The number of halogens is 4. The minimum Gasteiger partial charge on any atom is -0.393 e. The highest BCUT2D eigenvalue weighted by Crippen LogP contribution is 2.39. The first-order chi connectivity index (χ1) is 5.35. The molecule has 0 heterocycles. The van der Waals surface area contributed by atoms with E-state index in [1.54, 1.807) is 0 Å². The van der Waals surface area contributed by atoms with Crippen molar-refractivity contribution in [3.05, 3.63) is 0 Å². The summed E-state index contributed by atoms with van der Waals surface area (Å²) in [4.78, 5) is 0. The number of nitrogens with two attached hydrogens (primary N) is 1. The topological polar surface area (TPSA) is 46.2 Å². The second-order valence-corrected chi connectivity index (χ2v) is 3.39. The number of rotatable bonds is 0. The van der Waals surface area contributed by atoms with Crippen LogP contribution in [0.3, 0.4) is 0 Å². The Balaban J connectivity index is 0.00000144. The molecule has 6 heteroatoms. The largest absolute Gasteiger partial charge is 0.406 e. The average molecular weight is 220 g/mol. The monoisotopic (exact) mass is 219 g/mol. The summed E-state index contributed by atoms with van der Waals surface area (Å²) in [6.07, 6.45) is -4.99. The van der Waals surface area contributed by atoms with Crippen molar-refractivity contribution in [1.82, 2.24) is 0 Å². The molecule has 0 saturated heterocycles. The third-order valence-corrected chi connectivity index (χ3v) is 2.41. The molecule has 0 atom stereocenters. The van der Waals surface area contributed by atoms with E-state index in [1.165, 1.54) is 0 Å². The maximum absolute atomic E-state index is 12.2. The van der Waals surface area contributed by atoms with Gasteiger partial charge in [-0.3, -0.25) is 0 Å². The van der Waals surface area contributed by atoms with E-state index in [9.17, 15) is 13.2 Å². The average Bonchev–Trinajstić information content (AvgIpc) is 1.93. The van der Waals surface area contributed by atoms with Crippen LogP contribution in [0.5, 0.6) is 0 Å². The fraction of sp³-hybridized carbons (Fsp3) is 1.00. The van der Waals surface area contributed by atoms with Gasteiger partial charge in [-0.2, -0.15) is 13.2 Å². The van der Waals surface area contributed by atoms with Gasteiger partial charge in [0.15, 0.2) is 0 Å². The molecule has 0 amide bonds. The minimum absolute atomic E-state index is 0. The van der Waals surface area contributed by atoms with E-state index in [0.717, 1.165) is 0 Å². The predicted octanol–water partition coefficient (Wildman–Crippen LogP) is 1.60. The van der Waals surface area contributed by atoms with Gasteiger partial charge in [0.05, 0.1) is 6.10 Å². The summed E-state index contributed by atoms with van der Waals surface area (Å²) in [5.41, 5.74) is 3.10. The van der Waals surface area contributed by atoms with Gasteiger partial charge in [0.1, 0.15) is 5.54 Å². The van der Waals surface area contributed by atoms with E-state index in [0.29, 0.717) is 0 Å². The summed E-state index contributed by atoms with van der Waals surface area (Å²) in [6, 6.07) is 0. The van der Waals surface area contributed by atoms with Gasteiger partial charge in [-0.1, -0.05) is 0 Å². The van der Waals surface area contributed by atoms with Gasteiger partial charge in [-0.05, 0) is 25.7 Å². The van der Waals surface area contributed by atoms with Gasteiger partial charge >= 0.3 is 6.18 Å². The molecule has 1 fully saturated rings. The van der Waals surface area contributed by atoms with E-state index in [4.69, 9.17) is 10.8 Å². The minimum atomic E-state index is -4.34. The lowest BCUT2D eigenvalue weighted by molar-refractivity contribution is -0.198. The molecular formula is C7H13ClF3NO. The molecule has 0 spiro atoms. The van der Waals surface area contributed by atoms with Gasteiger partial charge in [0.2, 0.25) is 0 Å². The first kappa shape index (κ1) is 13.0. The van der Waals surface area contributed by atoms with Crippen LogP contribution in [0.2, 0.25) is 0 Å². The van der Waals surface area contributed by atoms with Crippen LogP contribution in [0.25, 0.3) is 0 Å². The number of aliphatic hydroxyl groups excluding tert-OH is 1. The van der Waals surface area contributed by atoms with Gasteiger partial charge < -0.3 is 10.8 Å². The van der Waals surface area contributed by atoms with Crippen LogP contribution < -0.4 is 5.73 Å². The second-order valence-electron chi connectivity index (χ2n) is 3.39. The summed E-state index contributed by atoms with van der Waals surface area (Å²) in [7, 11) is 0. The quantitative estimate of drug-likeness (QED) is 0.650. The molecule has 1 aliphatic rings. The number of hydrogen-bond donors (Lipinski definition) is 2. The van der Waals surface area contributed by atoms with Crippen LogP contribution in [-0.2, 0) is 0 Å². The number of hydrogen-bond acceptors (Lipinski definition) is 2. The molecule has 0 unspecified atom stereocenters. The molecule has 80 valence electrons. The summed E-state index contributed by atoms with van der Waals surface area (Å²) in [5, 5.41) is 8.98. The van der Waals surface area contributed by atoms with Gasteiger partial charge in [-0.25, -0.2) is 0 Å². The first-order valence-corrected chi connectivity index (χ1v) is 3.89. The normalized spacial score (nSPS) is 35.3. The molecule has 0 aliphatic heterocycles. The van der Waals surface area contributed by atoms with Crippen LogP contribution in [0.1, 0.15) is 25.7 Å². The van der Waals surface area contributed by atoms with Crippen molar-refractivity contribution in [2.75, 3.05) is 0 Å². The Morgan fingerprint density at radius 1 is 1.23 bits per heavy atom. The third-order valence-electron chi connectivity index (χ3n) is 2.41.